The summed E-state index contributed by atoms with van der Waals surface area (Å²) in [5.41, 5.74) is 0. The molecule has 0 unspecified atom stereocenters. The van der Waals surface area contributed by atoms with Gasteiger partial charge in [-0.3, -0.25) is 14.4 Å². The fourth-order valence-corrected chi connectivity index (χ4v) is 4.67. The number of thiazole rings is 1. The molecule has 124 valence electrons. The minimum Gasteiger partial charge on any atom is -0.481 e. The molecule has 2 bridgehead atoms. The molecule has 0 aromatic carbocycles. The first-order valence-corrected chi connectivity index (χ1v) is 8.36. The molecule has 4 atom stereocenters. The molecule has 7 nitrogen and oxygen atoms in total. The number of rotatable bonds is 5. The van der Waals surface area contributed by atoms with Crippen LogP contribution < -0.4 is 5.32 Å². The first kappa shape index (κ1) is 15.9. The number of esters is 1. The van der Waals surface area contributed by atoms with Crippen LogP contribution >= 0.6 is 11.3 Å². The number of anilines is 1. The maximum absolute atomic E-state index is 12.5. The van der Waals surface area contributed by atoms with Gasteiger partial charge in [-0.1, -0.05) is 0 Å². The average molecular weight is 338 g/mol. The number of aromatic nitrogens is 1. The molecule has 2 saturated carbocycles. The smallest absolute Gasteiger partial charge is 0.310 e. The minimum atomic E-state index is -0.886. The minimum absolute atomic E-state index is 0.107. The normalized spacial score (nSPS) is 28.6. The number of carbonyl (C=O) groups excluding carboxylic acids is 2. The summed E-state index contributed by atoms with van der Waals surface area (Å²) in [5, 5.41) is 12.5. The number of hydrogen-bond acceptors (Lipinski definition) is 6. The van der Waals surface area contributed by atoms with Crippen molar-refractivity contribution in [2.75, 3.05) is 12.4 Å². The molecule has 0 saturated heterocycles. The van der Waals surface area contributed by atoms with Crippen LogP contribution in [0.25, 0.3) is 0 Å². The van der Waals surface area contributed by atoms with Gasteiger partial charge in [-0.25, -0.2) is 4.98 Å². The summed E-state index contributed by atoms with van der Waals surface area (Å²) in [4.78, 5) is 40.0. The fraction of sp³-hybridized carbons (Fsp3) is 0.600. The SMILES string of the molecule is COC(=O)Cc1cnc(NC(=O)[C@H]2[C@@H]3CC[C@@H](C3)[C@@H]2C(=O)O)s1. The lowest BCUT2D eigenvalue weighted by molar-refractivity contribution is -0.148. The van der Waals surface area contributed by atoms with E-state index in [0.29, 0.717) is 10.0 Å². The molecule has 0 spiro atoms. The van der Waals surface area contributed by atoms with Gasteiger partial charge in [-0.2, -0.15) is 0 Å². The molecule has 2 aliphatic rings. The second-order valence-corrected chi connectivity index (χ2v) is 7.21. The lowest BCUT2D eigenvalue weighted by Gasteiger charge is -2.26. The monoisotopic (exact) mass is 338 g/mol. The van der Waals surface area contributed by atoms with Crippen molar-refractivity contribution in [1.29, 1.82) is 0 Å². The van der Waals surface area contributed by atoms with Crippen molar-refractivity contribution in [3.8, 4) is 0 Å². The van der Waals surface area contributed by atoms with Crippen molar-refractivity contribution in [2.45, 2.75) is 25.7 Å². The number of methoxy groups -OCH3 is 1. The molecular weight excluding hydrogens is 320 g/mol. The lowest BCUT2D eigenvalue weighted by Crippen LogP contribution is -2.37. The zero-order valence-corrected chi connectivity index (χ0v) is 13.5. The van der Waals surface area contributed by atoms with Crippen LogP contribution in [0.15, 0.2) is 6.20 Å². The van der Waals surface area contributed by atoms with Crippen LogP contribution in [0, 0.1) is 23.7 Å². The molecule has 1 aromatic heterocycles. The van der Waals surface area contributed by atoms with Gasteiger partial charge in [0.25, 0.3) is 0 Å². The molecule has 1 aromatic rings. The van der Waals surface area contributed by atoms with Crippen LogP contribution in [-0.2, 0) is 25.5 Å². The van der Waals surface area contributed by atoms with Crippen molar-refractivity contribution >= 4 is 34.3 Å². The van der Waals surface area contributed by atoms with Crippen LogP contribution in [0.5, 0.6) is 0 Å². The van der Waals surface area contributed by atoms with Crippen LogP contribution in [0.3, 0.4) is 0 Å². The summed E-state index contributed by atoms with van der Waals surface area (Å²) in [5.74, 6) is -2.35. The Morgan fingerprint density at radius 1 is 1.35 bits per heavy atom. The first-order chi connectivity index (χ1) is 11.0. The van der Waals surface area contributed by atoms with Crippen LogP contribution in [0.1, 0.15) is 24.1 Å². The Morgan fingerprint density at radius 3 is 2.70 bits per heavy atom. The number of nitrogens with one attached hydrogen (secondary N) is 1. The number of carboxylic acid groups (broad SMARTS) is 1. The zero-order valence-electron chi connectivity index (χ0n) is 12.7. The van der Waals surface area contributed by atoms with E-state index < -0.39 is 17.8 Å². The molecule has 0 radical (unpaired) electrons. The third kappa shape index (κ3) is 3.08. The van der Waals surface area contributed by atoms with E-state index in [4.69, 9.17) is 0 Å². The molecule has 2 aliphatic carbocycles. The Hall–Kier alpha value is -1.96. The highest BCUT2D eigenvalue weighted by atomic mass is 32.1. The van der Waals surface area contributed by atoms with Gasteiger partial charge in [0, 0.05) is 11.1 Å². The first-order valence-electron chi connectivity index (χ1n) is 7.54. The highest BCUT2D eigenvalue weighted by Gasteiger charge is 2.54. The fourth-order valence-electron chi connectivity index (χ4n) is 3.87. The number of fused-ring (bicyclic) bond motifs is 2. The van der Waals surface area contributed by atoms with E-state index in [-0.39, 0.29) is 30.1 Å². The molecule has 2 N–H and O–H groups in total. The molecule has 8 heteroatoms. The van der Waals surface area contributed by atoms with Gasteiger partial charge in [0.1, 0.15) is 0 Å². The molecule has 2 fully saturated rings. The highest BCUT2D eigenvalue weighted by molar-refractivity contribution is 7.15. The Kier molecular flexibility index (Phi) is 4.34. The average Bonchev–Trinajstić information content (AvgIpc) is 3.22. The van der Waals surface area contributed by atoms with E-state index in [1.165, 1.54) is 24.6 Å². The number of carboxylic acids is 1. The summed E-state index contributed by atoms with van der Waals surface area (Å²) in [6, 6.07) is 0. The molecule has 1 heterocycles. The van der Waals surface area contributed by atoms with E-state index >= 15 is 0 Å². The molecule has 23 heavy (non-hydrogen) atoms. The van der Waals surface area contributed by atoms with Gasteiger partial charge in [0.05, 0.1) is 25.4 Å². The summed E-state index contributed by atoms with van der Waals surface area (Å²) in [6.45, 7) is 0. The van der Waals surface area contributed by atoms with Crippen LogP contribution in [-0.4, -0.2) is 35.0 Å². The topological polar surface area (TPSA) is 106 Å². The van der Waals surface area contributed by atoms with E-state index in [0.717, 1.165) is 19.3 Å². The van der Waals surface area contributed by atoms with Crippen molar-refractivity contribution < 1.29 is 24.2 Å². The lowest BCUT2D eigenvalue weighted by atomic mass is 9.79. The highest BCUT2D eigenvalue weighted by Crippen LogP contribution is 2.52. The third-order valence-electron chi connectivity index (χ3n) is 4.83. The molecule has 0 aliphatic heterocycles. The van der Waals surface area contributed by atoms with Crippen molar-refractivity contribution in [3.05, 3.63) is 11.1 Å². The van der Waals surface area contributed by atoms with E-state index in [9.17, 15) is 19.5 Å². The number of carbonyl (C=O) groups is 3. The summed E-state index contributed by atoms with van der Waals surface area (Å²) >= 11 is 1.20. The number of amides is 1. The Labute approximate surface area is 137 Å². The van der Waals surface area contributed by atoms with Gasteiger partial charge in [0.15, 0.2) is 5.13 Å². The summed E-state index contributed by atoms with van der Waals surface area (Å²) < 4.78 is 4.59. The maximum atomic E-state index is 12.5. The molecule has 1 amide bonds. The van der Waals surface area contributed by atoms with E-state index in [2.05, 4.69) is 15.0 Å². The van der Waals surface area contributed by atoms with Crippen molar-refractivity contribution in [1.82, 2.24) is 4.98 Å². The number of ether oxygens (including phenoxy) is 1. The standard InChI is InChI=1S/C15H18N2O5S/c1-22-10(18)5-9-6-16-15(23-9)17-13(19)11-7-2-3-8(4-7)12(11)14(20)21/h6-8,11-12H,2-5H2,1H3,(H,20,21)(H,16,17,19)/t7-,8+,11+,12+/m1/s1. The second-order valence-electron chi connectivity index (χ2n) is 6.10. The Bertz CT molecular complexity index is 644. The number of nitrogens with zero attached hydrogens (tertiary/aromatic N) is 1. The Morgan fingerprint density at radius 2 is 2.04 bits per heavy atom. The van der Waals surface area contributed by atoms with Gasteiger partial charge >= 0.3 is 11.9 Å². The second kappa shape index (κ2) is 6.27. The third-order valence-corrected chi connectivity index (χ3v) is 5.75. The number of aliphatic carboxylic acids is 1. The largest absolute Gasteiger partial charge is 0.481 e. The van der Waals surface area contributed by atoms with Gasteiger partial charge in [0.2, 0.25) is 5.91 Å². The number of hydrogen-bond donors (Lipinski definition) is 2. The van der Waals surface area contributed by atoms with Gasteiger partial charge < -0.3 is 15.2 Å². The quantitative estimate of drug-likeness (QED) is 0.789. The van der Waals surface area contributed by atoms with Crippen molar-refractivity contribution in [3.63, 3.8) is 0 Å². The molecular formula is C15H18N2O5S. The zero-order chi connectivity index (χ0) is 16.6. The molecule has 3 rings (SSSR count). The maximum Gasteiger partial charge on any atom is 0.310 e. The van der Waals surface area contributed by atoms with Gasteiger partial charge in [-0.15, -0.1) is 11.3 Å². The Balaban J connectivity index is 1.67. The van der Waals surface area contributed by atoms with E-state index in [1.54, 1.807) is 0 Å². The van der Waals surface area contributed by atoms with Gasteiger partial charge in [-0.05, 0) is 31.1 Å². The summed E-state index contributed by atoms with van der Waals surface area (Å²) in [7, 11) is 1.31. The van der Waals surface area contributed by atoms with Crippen molar-refractivity contribution in [2.24, 2.45) is 23.7 Å². The van der Waals surface area contributed by atoms with E-state index in [1.807, 2.05) is 0 Å². The predicted octanol–water partition coefficient (Wildman–Crippen LogP) is 1.54. The van der Waals surface area contributed by atoms with Crippen LogP contribution in [0.2, 0.25) is 0 Å². The summed E-state index contributed by atoms with van der Waals surface area (Å²) in [6.07, 6.45) is 4.26. The van der Waals surface area contributed by atoms with Crippen LogP contribution in [0.4, 0.5) is 5.13 Å². The predicted molar refractivity (Wildman–Crippen MR) is 81.9 cm³/mol.